The molecule has 0 aliphatic rings. The van der Waals surface area contributed by atoms with Gasteiger partial charge in [0.25, 0.3) is 0 Å². The fourth-order valence-electron chi connectivity index (χ4n) is 2.45. The maximum Gasteiger partial charge on any atom is 0.163 e. The van der Waals surface area contributed by atoms with Crippen LogP contribution in [0.3, 0.4) is 0 Å². The molecule has 3 aromatic rings. The number of pyridine rings is 1. The van der Waals surface area contributed by atoms with Crippen molar-refractivity contribution in [2.45, 2.75) is 13.3 Å². The number of Topliss-reactive ketones (excluding diaryl/α,β-unsaturated/α-hetero) is 1. The number of rotatable bonds is 3. The van der Waals surface area contributed by atoms with Gasteiger partial charge in [0.2, 0.25) is 0 Å². The highest BCUT2D eigenvalue weighted by Crippen LogP contribution is 2.28. The molecule has 0 saturated carbocycles. The van der Waals surface area contributed by atoms with E-state index in [9.17, 15) is 14.3 Å². The van der Waals surface area contributed by atoms with E-state index in [1.807, 2.05) is 6.07 Å². The number of hydrogen-bond acceptors (Lipinski definition) is 3. The van der Waals surface area contributed by atoms with Crippen LogP contribution < -0.4 is 0 Å². The Labute approximate surface area is 127 Å². The van der Waals surface area contributed by atoms with Crippen molar-refractivity contribution >= 4 is 16.7 Å². The highest BCUT2D eigenvalue weighted by molar-refractivity contribution is 6.02. The van der Waals surface area contributed by atoms with Gasteiger partial charge in [-0.15, -0.1) is 0 Å². The summed E-state index contributed by atoms with van der Waals surface area (Å²) in [7, 11) is 0. The fraction of sp³-hybridized carbons (Fsp3) is 0.111. The van der Waals surface area contributed by atoms with Crippen LogP contribution in [-0.2, 0) is 6.42 Å². The molecule has 0 amide bonds. The molecule has 0 atom stereocenters. The monoisotopic (exact) mass is 295 g/mol. The van der Waals surface area contributed by atoms with Crippen molar-refractivity contribution in [2.24, 2.45) is 0 Å². The third-order valence-electron chi connectivity index (χ3n) is 3.58. The molecular weight excluding hydrogens is 281 g/mol. The molecule has 110 valence electrons. The lowest BCUT2D eigenvalue weighted by molar-refractivity contribution is 0.101. The van der Waals surface area contributed by atoms with E-state index >= 15 is 0 Å². The number of hydrogen-bond donors (Lipinski definition) is 1. The lowest BCUT2D eigenvalue weighted by atomic mass is 10.0. The second kappa shape index (κ2) is 5.56. The Morgan fingerprint density at radius 3 is 2.55 bits per heavy atom. The summed E-state index contributed by atoms with van der Waals surface area (Å²) in [5.41, 5.74) is 2.61. The van der Waals surface area contributed by atoms with Crippen LogP contribution in [-0.4, -0.2) is 15.9 Å². The molecule has 0 unspecified atom stereocenters. The van der Waals surface area contributed by atoms with E-state index in [2.05, 4.69) is 4.98 Å². The smallest absolute Gasteiger partial charge is 0.163 e. The number of nitrogens with zero attached hydrogens (tertiary/aromatic N) is 1. The third-order valence-corrected chi connectivity index (χ3v) is 3.58. The summed E-state index contributed by atoms with van der Waals surface area (Å²) in [6.07, 6.45) is 2.29. The summed E-state index contributed by atoms with van der Waals surface area (Å²) in [5.74, 6) is -0.544. The number of carbonyl (C=O) groups excluding carboxylic acids is 1. The van der Waals surface area contributed by atoms with Crippen LogP contribution in [0, 0.1) is 5.82 Å². The van der Waals surface area contributed by atoms with Gasteiger partial charge in [0.1, 0.15) is 11.3 Å². The van der Waals surface area contributed by atoms with E-state index < -0.39 is 0 Å². The summed E-state index contributed by atoms with van der Waals surface area (Å²) < 4.78 is 12.9. The minimum atomic E-state index is -0.262. The van der Waals surface area contributed by atoms with Crippen molar-refractivity contribution < 1.29 is 14.3 Å². The number of aromatic hydroxyl groups is 1. The Hall–Kier alpha value is -2.75. The van der Waals surface area contributed by atoms with Crippen LogP contribution >= 0.6 is 0 Å². The van der Waals surface area contributed by atoms with Crippen molar-refractivity contribution in [3.63, 3.8) is 0 Å². The van der Waals surface area contributed by atoms with Crippen molar-refractivity contribution in [1.82, 2.24) is 4.98 Å². The molecule has 0 aliphatic carbocycles. The van der Waals surface area contributed by atoms with Gasteiger partial charge < -0.3 is 5.11 Å². The molecule has 22 heavy (non-hydrogen) atoms. The molecule has 3 rings (SSSR count). The van der Waals surface area contributed by atoms with Gasteiger partial charge in [-0.1, -0.05) is 18.2 Å². The predicted octanol–water partition coefficient (Wildman–Crippen LogP) is 3.87. The SMILES string of the molecule is CC(=O)c1ccc2cc(Cc3ccc(F)cc3)cnc2c1O. The molecule has 3 nitrogen and oxygen atoms in total. The van der Waals surface area contributed by atoms with Crippen LogP contribution in [0.25, 0.3) is 10.9 Å². The van der Waals surface area contributed by atoms with E-state index in [0.717, 1.165) is 16.5 Å². The summed E-state index contributed by atoms with van der Waals surface area (Å²) in [6, 6.07) is 11.6. The number of phenolic OH excluding ortho intramolecular Hbond substituents is 1. The Bertz CT molecular complexity index is 857. The number of halogens is 1. The first-order chi connectivity index (χ1) is 10.5. The van der Waals surface area contributed by atoms with E-state index in [4.69, 9.17) is 0 Å². The van der Waals surface area contributed by atoms with Gasteiger partial charge in [0.05, 0.1) is 5.56 Å². The molecule has 0 saturated heterocycles. The lowest BCUT2D eigenvalue weighted by Gasteiger charge is -2.07. The fourth-order valence-corrected chi connectivity index (χ4v) is 2.45. The average Bonchev–Trinajstić information content (AvgIpc) is 2.49. The standard InChI is InChI=1S/C18H14FNO2/c1-11(21)16-7-4-14-9-13(10-20-17(14)18(16)22)8-12-2-5-15(19)6-3-12/h2-7,9-10,22H,8H2,1H3. The van der Waals surface area contributed by atoms with Crippen LogP contribution in [0.5, 0.6) is 5.75 Å². The van der Waals surface area contributed by atoms with Crippen molar-refractivity contribution in [3.05, 3.63) is 71.2 Å². The maximum absolute atomic E-state index is 12.9. The van der Waals surface area contributed by atoms with Gasteiger partial charge in [-0.2, -0.15) is 0 Å². The van der Waals surface area contributed by atoms with Crippen molar-refractivity contribution in [2.75, 3.05) is 0 Å². The second-order valence-corrected chi connectivity index (χ2v) is 5.24. The minimum absolute atomic E-state index is 0.0849. The minimum Gasteiger partial charge on any atom is -0.505 e. The zero-order chi connectivity index (χ0) is 15.7. The molecular formula is C18H14FNO2. The Balaban J connectivity index is 1.98. The largest absolute Gasteiger partial charge is 0.505 e. The zero-order valence-corrected chi connectivity index (χ0v) is 12.0. The van der Waals surface area contributed by atoms with E-state index in [0.29, 0.717) is 11.9 Å². The molecule has 0 fully saturated rings. The van der Waals surface area contributed by atoms with Gasteiger partial charge in [-0.3, -0.25) is 9.78 Å². The number of fused-ring (bicyclic) bond motifs is 1. The first kappa shape index (κ1) is 14.2. The molecule has 1 heterocycles. The maximum atomic E-state index is 12.9. The first-order valence-corrected chi connectivity index (χ1v) is 6.90. The number of carbonyl (C=O) groups is 1. The molecule has 1 N–H and O–H groups in total. The summed E-state index contributed by atoms with van der Waals surface area (Å²) in [5, 5.41) is 10.9. The van der Waals surface area contributed by atoms with E-state index in [1.165, 1.54) is 19.1 Å². The first-order valence-electron chi connectivity index (χ1n) is 6.90. The molecule has 1 aromatic heterocycles. The van der Waals surface area contributed by atoms with Crippen LogP contribution in [0.15, 0.2) is 48.7 Å². The highest BCUT2D eigenvalue weighted by Gasteiger charge is 2.11. The predicted molar refractivity (Wildman–Crippen MR) is 82.6 cm³/mol. The molecule has 4 heteroatoms. The Morgan fingerprint density at radius 2 is 1.86 bits per heavy atom. The van der Waals surface area contributed by atoms with E-state index in [-0.39, 0.29) is 22.9 Å². The summed E-state index contributed by atoms with van der Waals surface area (Å²) in [6.45, 7) is 1.41. The van der Waals surface area contributed by atoms with Gasteiger partial charge in [0.15, 0.2) is 11.5 Å². The molecule has 0 spiro atoms. The molecule has 0 aliphatic heterocycles. The van der Waals surface area contributed by atoms with Gasteiger partial charge in [0, 0.05) is 11.6 Å². The Kier molecular flexibility index (Phi) is 3.59. The van der Waals surface area contributed by atoms with Crippen LogP contribution in [0.1, 0.15) is 28.4 Å². The molecule has 0 bridgehead atoms. The normalized spacial score (nSPS) is 10.8. The quantitative estimate of drug-likeness (QED) is 0.746. The highest BCUT2D eigenvalue weighted by atomic mass is 19.1. The lowest BCUT2D eigenvalue weighted by Crippen LogP contribution is -1.95. The van der Waals surface area contributed by atoms with Crippen molar-refractivity contribution in [3.8, 4) is 5.75 Å². The molecule has 2 aromatic carbocycles. The number of aromatic nitrogens is 1. The van der Waals surface area contributed by atoms with Gasteiger partial charge in [-0.05, 0) is 48.7 Å². The number of phenols is 1. The van der Waals surface area contributed by atoms with Crippen LogP contribution in [0.4, 0.5) is 4.39 Å². The summed E-state index contributed by atoms with van der Waals surface area (Å²) in [4.78, 5) is 15.7. The second-order valence-electron chi connectivity index (χ2n) is 5.24. The average molecular weight is 295 g/mol. The third kappa shape index (κ3) is 2.68. The summed E-state index contributed by atoms with van der Waals surface area (Å²) >= 11 is 0. The number of benzene rings is 2. The van der Waals surface area contributed by atoms with Crippen LogP contribution in [0.2, 0.25) is 0 Å². The van der Waals surface area contributed by atoms with Gasteiger partial charge in [-0.25, -0.2) is 4.39 Å². The number of ketones is 1. The molecule has 0 radical (unpaired) electrons. The van der Waals surface area contributed by atoms with E-state index in [1.54, 1.807) is 30.5 Å². The van der Waals surface area contributed by atoms with Gasteiger partial charge >= 0.3 is 0 Å². The van der Waals surface area contributed by atoms with Crippen molar-refractivity contribution in [1.29, 1.82) is 0 Å². The topological polar surface area (TPSA) is 50.2 Å². The Morgan fingerprint density at radius 1 is 1.14 bits per heavy atom. The zero-order valence-electron chi connectivity index (χ0n) is 12.0.